The Morgan fingerprint density at radius 3 is 2.40 bits per heavy atom. The van der Waals surface area contributed by atoms with Crippen LogP contribution in [0.3, 0.4) is 0 Å². The number of nitrogens with zero attached hydrogens (tertiary/aromatic N) is 1. The molecule has 2 N–H and O–H groups in total. The van der Waals surface area contributed by atoms with Crippen molar-refractivity contribution in [2.75, 3.05) is 19.6 Å². The maximum Gasteiger partial charge on any atom is 0.407 e. The summed E-state index contributed by atoms with van der Waals surface area (Å²) >= 11 is 3.38. The molecule has 0 unspecified atom stereocenters. The van der Waals surface area contributed by atoms with Crippen molar-refractivity contribution in [3.63, 3.8) is 0 Å². The number of likely N-dealkylation sites (tertiary alicyclic amines) is 1. The quantitative estimate of drug-likeness (QED) is 0.611. The third kappa shape index (κ3) is 8.98. The van der Waals surface area contributed by atoms with Crippen molar-refractivity contribution in [2.24, 2.45) is 0 Å². The number of carbonyl (C=O) groups excluding carboxylic acids is 3. The standard InChI is InChI=1S/C22H30BrN3O4/c1-22(2,3)30-21(29)24-13-10-20(28)26-14-11-18(12-15-26)25-19(27)9-6-16-4-7-17(23)8-5-16/h4-9,18H,10-15H2,1-3H3,(H,24,29)(H,25,27)/b9-6+. The van der Waals surface area contributed by atoms with Gasteiger partial charge in [0.1, 0.15) is 5.60 Å². The smallest absolute Gasteiger partial charge is 0.407 e. The molecule has 30 heavy (non-hydrogen) atoms. The van der Waals surface area contributed by atoms with Gasteiger partial charge in [0.25, 0.3) is 0 Å². The summed E-state index contributed by atoms with van der Waals surface area (Å²) in [5, 5.41) is 5.59. The van der Waals surface area contributed by atoms with Crippen LogP contribution >= 0.6 is 15.9 Å². The molecule has 1 saturated heterocycles. The predicted octanol–water partition coefficient (Wildman–Crippen LogP) is 3.48. The van der Waals surface area contributed by atoms with E-state index in [1.165, 1.54) is 6.08 Å². The summed E-state index contributed by atoms with van der Waals surface area (Å²) in [6.45, 7) is 6.79. The third-order valence-corrected chi connectivity index (χ3v) is 5.03. The number of hydrogen-bond donors (Lipinski definition) is 2. The molecule has 7 nitrogen and oxygen atoms in total. The Morgan fingerprint density at radius 1 is 1.17 bits per heavy atom. The summed E-state index contributed by atoms with van der Waals surface area (Å²) in [5.41, 5.74) is 0.391. The molecule has 3 amide bonds. The van der Waals surface area contributed by atoms with Gasteiger partial charge in [-0.3, -0.25) is 9.59 Å². The van der Waals surface area contributed by atoms with E-state index in [1.807, 2.05) is 24.3 Å². The fourth-order valence-electron chi connectivity index (χ4n) is 3.01. The highest BCUT2D eigenvalue weighted by atomic mass is 79.9. The van der Waals surface area contributed by atoms with Crippen molar-refractivity contribution in [2.45, 2.75) is 51.7 Å². The lowest BCUT2D eigenvalue weighted by Gasteiger charge is -2.32. The number of rotatable bonds is 6. The van der Waals surface area contributed by atoms with Crippen LogP contribution in [0.15, 0.2) is 34.8 Å². The maximum absolute atomic E-state index is 12.3. The van der Waals surface area contributed by atoms with E-state index in [0.29, 0.717) is 25.9 Å². The number of hydrogen-bond acceptors (Lipinski definition) is 4. The fraction of sp³-hybridized carbons (Fsp3) is 0.500. The lowest BCUT2D eigenvalue weighted by molar-refractivity contribution is -0.132. The molecule has 1 heterocycles. The van der Waals surface area contributed by atoms with Gasteiger partial charge in [-0.2, -0.15) is 0 Å². The zero-order chi connectivity index (χ0) is 22.1. The van der Waals surface area contributed by atoms with Crippen molar-refractivity contribution >= 4 is 39.9 Å². The van der Waals surface area contributed by atoms with Crippen LogP contribution in [0, 0.1) is 0 Å². The van der Waals surface area contributed by atoms with Crippen LogP contribution in [0.5, 0.6) is 0 Å². The topological polar surface area (TPSA) is 87.7 Å². The van der Waals surface area contributed by atoms with Crippen LogP contribution in [0.25, 0.3) is 6.08 Å². The van der Waals surface area contributed by atoms with Crippen LogP contribution < -0.4 is 10.6 Å². The van der Waals surface area contributed by atoms with Crippen molar-refractivity contribution in [3.05, 3.63) is 40.4 Å². The minimum Gasteiger partial charge on any atom is -0.444 e. The Labute approximate surface area is 186 Å². The summed E-state index contributed by atoms with van der Waals surface area (Å²) in [5.74, 6) is -0.143. The first kappa shape index (κ1) is 23.9. The van der Waals surface area contributed by atoms with E-state index >= 15 is 0 Å². The fourth-order valence-corrected chi connectivity index (χ4v) is 3.28. The Hall–Kier alpha value is -2.35. The summed E-state index contributed by atoms with van der Waals surface area (Å²) in [6, 6.07) is 7.75. The predicted molar refractivity (Wildman–Crippen MR) is 120 cm³/mol. The zero-order valence-corrected chi connectivity index (χ0v) is 19.3. The number of benzene rings is 1. The van der Waals surface area contributed by atoms with Gasteiger partial charge in [0, 0.05) is 42.6 Å². The summed E-state index contributed by atoms with van der Waals surface area (Å²) in [6.07, 6.45) is 4.44. The van der Waals surface area contributed by atoms with Gasteiger partial charge in [-0.1, -0.05) is 28.1 Å². The second-order valence-corrected chi connectivity index (χ2v) is 9.14. The van der Waals surface area contributed by atoms with E-state index in [1.54, 1.807) is 31.7 Å². The SMILES string of the molecule is CC(C)(C)OC(=O)NCCC(=O)N1CCC(NC(=O)/C=C/c2ccc(Br)cc2)CC1. The van der Waals surface area contributed by atoms with E-state index in [-0.39, 0.29) is 30.8 Å². The normalized spacial score (nSPS) is 15.1. The summed E-state index contributed by atoms with van der Waals surface area (Å²) < 4.78 is 6.14. The van der Waals surface area contributed by atoms with Crippen LogP contribution in [-0.2, 0) is 14.3 Å². The number of amides is 3. The molecule has 1 fully saturated rings. The third-order valence-electron chi connectivity index (χ3n) is 4.50. The molecule has 1 aromatic carbocycles. The zero-order valence-electron chi connectivity index (χ0n) is 17.7. The number of halogens is 1. The van der Waals surface area contributed by atoms with Crippen LogP contribution in [0.2, 0.25) is 0 Å². The van der Waals surface area contributed by atoms with Crippen LogP contribution in [-0.4, -0.2) is 54.1 Å². The molecule has 0 atom stereocenters. The molecule has 1 aromatic rings. The minimum absolute atomic E-state index is 0.00836. The minimum atomic E-state index is -0.562. The van der Waals surface area contributed by atoms with E-state index < -0.39 is 11.7 Å². The molecule has 2 rings (SSSR count). The van der Waals surface area contributed by atoms with Crippen molar-refractivity contribution in [3.8, 4) is 0 Å². The van der Waals surface area contributed by atoms with Gasteiger partial charge in [-0.05, 0) is 57.4 Å². The van der Waals surface area contributed by atoms with Gasteiger partial charge in [0.05, 0.1) is 0 Å². The molecule has 0 bridgehead atoms. The molecular weight excluding hydrogens is 450 g/mol. The van der Waals surface area contributed by atoms with Crippen molar-refractivity contribution in [1.29, 1.82) is 0 Å². The molecular formula is C22H30BrN3O4. The molecule has 0 aliphatic carbocycles. The summed E-state index contributed by atoms with van der Waals surface area (Å²) in [4.78, 5) is 37.8. The van der Waals surface area contributed by atoms with Gasteiger partial charge >= 0.3 is 6.09 Å². The molecule has 164 valence electrons. The molecule has 0 aromatic heterocycles. The van der Waals surface area contributed by atoms with E-state index in [2.05, 4.69) is 26.6 Å². The highest BCUT2D eigenvalue weighted by Crippen LogP contribution is 2.13. The number of carbonyl (C=O) groups is 3. The van der Waals surface area contributed by atoms with E-state index in [9.17, 15) is 14.4 Å². The molecule has 0 saturated carbocycles. The first-order valence-corrected chi connectivity index (χ1v) is 10.9. The van der Waals surface area contributed by atoms with Gasteiger partial charge in [0.15, 0.2) is 0 Å². The molecule has 0 spiro atoms. The van der Waals surface area contributed by atoms with Gasteiger partial charge in [-0.15, -0.1) is 0 Å². The number of piperidine rings is 1. The molecule has 1 aliphatic heterocycles. The Bertz CT molecular complexity index is 764. The second kappa shape index (κ2) is 11.2. The Kier molecular flexibility index (Phi) is 8.89. The van der Waals surface area contributed by atoms with Crippen molar-refractivity contribution < 1.29 is 19.1 Å². The van der Waals surface area contributed by atoms with E-state index in [0.717, 1.165) is 10.0 Å². The average molecular weight is 480 g/mol. The maximum atomic E-state index is 12.3. The van der Waals surface area contributed by atoms with Crippen LogP contribution in [0.4, 0.5) is 4.79 Å². The van der Waals surface area contributed by atoms with Crippen molar-refractivity contribution in [1.82, 2.24) is 15.5 Å². The summed E-state index contributed by atoms with van der Waals surface area (Å²) in [7, 11) is 0. The first-order chi connectivity index (χ1) is 14.1. The highest BCUT2D eigenvalue weighted by Gasteiger charge is 2.23. The van der Waals surface area contributed by atoms with Gasteiger partial charge < -0.3 is 20.3 Å². The number of ether oxygens (including phenoxy) is 1. The molecule has 0 radical (unpaired) electrons. The lowest BCUT2D eigenvalue weighted by Crippen LogP contribution is -2.46. The Balaban J connectivity index is 1.66. The van der Waals surface area contributed by atoms with E-state index in [4.69, 9.17) is 4.74 Å². The van der Waals surface area contributed by atoms with Gasteiger partial charge in [0.2, 0.25) is 11.8 Å². The van der Waals surface area contributed by atoms with Crippen LogP contribution in [0.1, 0.15) is 45.6 Å². The largest absolute Gasteiger partial charge is 0.444 e. The molecule has 1 aliphatic rings. The molecule has 8 heteroatoms. The Morgan fingerprint density at radius 2 is 1.80 bits per heavy atom. The average Bonchev–Trinajstić information content (AvgIpc) is 2.66. The van der Waals surface area contributed by atoms with Gasteiger partial charge in [-0.25, -0.2) is 4.79 Å². The highest BCUT2D eigenvalue weighted by molar-refractivity contribution is 9.10. The monoisotopic (exact) mass is 479 g/mol. The number of nitrogens with one attached hydrogen (secondary N) is 2. The number of alkyl carbamates (subject to hydrolysis) is 1. The second-order valence-electron chi connectivity index (χ2n) is 8.23. The first-order valence-electron chi connectivity index (χ1n) is 10.1. The lowest BCUT2D eigenvalue weighted by atomic mass is 10.0.